The van der Waals surface area contributed by atoms with Gasteiger partial charge in [0.2, 0.25) is 5.91 Å². The summed E-state index contributed by atoms with van der Waals surface area (Å²) < 4.78 is 0. The van der Waals surface area contributed by atoms with Crippen LogP contribution in [-0.4, -0.2) is 55.3 Å². The highest BCUT2D eigenvalue weighted by Gasteiger charge is 2.31. The first-order valence-corrected chi connectivity index (χ1v) is 12.3. The molecule has 0 aliphatic carbocycles. The number of benzene rings is 1. The molecule has 0 atom stereocenters. The number of likely N-dealkylation sites (tertiary alicyclic amines) is 1. The number of aryl methyl sites for hydroxylation is 1. The standard InChI is InChI=1S/C24H28N4O3S/c29-21-4-3-17-14-19(15-18-7-11-28(21)22(17)18)26-24(31)23(30)25-8-12-27-9-5-16(6-10-27)20-2-1-13-32-20/h1-2,13-16H,3-12H2,(H,25,30)(H,26,31). The normalized spacial score (nSPS) is 18.5. The molecule has 0 radical (unpaired) electrons. The minimum atomic E-state index is -0.643. The van der Waals surface area contributed by atoms with Crippen molar-refractivity contribution < 1.29 is 14.4 Å². The minimum absolute atomic E-state index is 0.170. The van der Waals surface area contributed by atoms with Gasteiger partial charge in [0.05, 0.1) is 5.69 Å². The second-order valence-corrected chi connectivity index (χ2v) is 9.76. The molecule has 1 saturated heterocycles. The molecule has 0 spiro atoms. The van der Waals surface area contributed by atoms with Gasteiger partial charge >= 0.3 is 11.8 Å². The maximum absolute atomic E-state index is 12.4. The van der Waals surface area contributed by atoms with Crippen molar-refractivity contribution in [1.29, 1.82) is 0 Å². The summed E-state index contributed by atoms with van der Waals surface area (Å²) in [5, 5.41) is 7.62. The number of amides is 3. The Bertz CT molecular complexity index is 1030. The van der Waals surface area contributed by atoms with Gasteiger partial charge in [0, 0.05) is 36.6 Å². The Hall–Kier alpha value is -2.71. The number of nitrogens with zero attached hydrogens (tertiary/aromatic N) is 2. The molecule has 32 heavy (non-hydrogen) atoms. The zero-order chi connectivity index (χ0) is 22.1. The molecule has 168 valence electrons. The van der Waals surface area contributed by atoms with Gasteiger partial charge in [-0.05, 0) is 79.4 Å². The highest BCUT2D eigenvalue weighted by molar-refractivity contribution is 7.10. The van der Waals surface area contributed by atoms with Crippen molar-refractivity contribution in [2.75, 3.05) is 42.9 Å². The van der Waals surface area contributed by atoms with Crippen LogP contribution in [0.2, 0.25) is 0 Å². The van der Waals surface area contributed by atoms with E-state index in [0.29, 0.717) is 37.5 Å². The fourth-order valence-electron chi connectivity index (χ4n) is 5.09. The van der Waals surface area contributed by atoms with E-state index in [1.54, 1.807) is 0 Å². The molecule has 1 aromatic carbocycles. The third-order valence-electron chi connectivity index (χ3n) is 6.76. The minimum Gasteiger partial charge on any atom is -0.347 e. The third-order valence-corrected chi connectivity index (χ3v) is 7.80. The highest BCUT2D eigenvalue weighted by atomic mass is 32.1. The molecular formula is C24H28N4O3S. The topological polar surface area (TPSA) is 81.8 Å². The first kappa shape index (κ1) is 21.2. The van der Waals surface area contributed by atoms with Crippen molar-refractivity contribution in [2.45, 2.75) is 38.0 Å². The number of anilines is 2. The van der Waals surface area contributed by atoms with Gasteiger partial charge in [-0.1, -0.05) is 6.07 Å². The second kappa shape index (κ2) is 9.03. The fraction of sp³-hybridized carbons (Fsp3) is 0.458. The van der Waals surface area contributed by atoms with Crippen LogP contribution in [0.4, 0.5) is 11.4 Å². The lowest BCUT2D eigenvalue weighted by atomic mass is 9.95. The van der Waals surface area contributed by atoms with Crippen molar-refractivity contribution in [2.24, 2.45) is 0 Å². The predicted octanol–water partition coefficient (Wildman–Crippen LogP) is 2.52. The smallest absolute Gasteiger partial charge is 0.313 e. The van der Waals surface area contributed by atoms with E-state index in [1.165, 1.54) is 4.88 Å². The van der Waals surface area contributed by atoms with Gasteiger partial charge in [-0.25, -0.2) is 0 Å². The molecule has 0 saturated carbocycles. The van der Waals surface area contributed by atoms with Crippen molar-refractivity contribution >= 4 is 40.4 Å². The summed E-state index contributed by atoms with van der Waals surface area (Å²) in [5.41, 5.74) is 3.77. The Labute approximate surface area is 191 Å². The number of nitrogens with one attached hydrogen (secondary N) is 2. The van der Waals surface area contributed by atoms with Crippen LogP contribution in [0.25, 0.3) is 0 Å². The van der Waals surface area contributed by atoms with Crippen LogP contribution in [-0.2, 0) is 27.2 Å². The summed E-state index contributed by atoms with van der Waals surface area (Å²) >= 11 is 1.83. The Morgan fingerprint density at radius 2 is 1.81 bits per heavy atom. The largest absolute Gasteiger partial charge is 0.347 e. The molecule has 3 aliphatic rings. The SMILES string of the molecule is O=C(NCCN1CCC(c2cccs2)CC1)C(=O)Nc1cc2c3c(c1)CCN3C(=O)CC2. The number of piperidine rings is 1. The lowest BCUT2D eigenvalue weighted by molar-refractivity contribution is -0.136. The van der Waals surface area contributed by atoms with Crippen LogP contribution in [0.3, 0.4) is 0 Å². The number of thiophene rings is 1. The van der Waals surface area contributed by atoms with E-state index in [-0.39, 0.29) is 5.91 Å². The van der Waals surface area contributed by atoms with Crippen LogP contribution < -0.4 is 15.5 Å². The van der Waals surface area contributed by atoms with Crippen molar-refractivity contribution in [3.63, 3.8) is 0 Å². The summed E-state index contributed by atoms with van der Waals surface area (Å²) in [4.78, 5) is 42.4. The van der Waals surface area contributed by atoms with E-state index in [2.05, 4.69) is 33.0 Å². The average Bonchev–Trinajstić information content (AvgIpc) is 3.48. The molecule has 5 rings (SSSR count). The van der Waals surface area contributed by atoms with Gasteiger partial charge in [-0.15, -0.1) is 11.3 Å². The van der Waals surface area contributed by atoms with E-state index < -0.39 is 11.8 Å². The summed E-state index contributed by atoms with van der Waals surface area (Å²) in [6.45, 7) is 3.94. The van der Waals surface area contributed by atoms with E-state index in [4.69, 9.17) is 0 Å². The summed E-state index contributed by atoms with van der Waals surface area (Å²) in [6, 6.07) is 8.11. The number of hydrogen-bond donors (Lipinski definition) is 2. The molecule has 1 aromatic heterocycles. The monoisotopic (exact) mass is 452 g/mol. The van der Waals surface area contributed by atoms with Crippen molar-refractivity contribution in [1.82, 2.24) is 10.2 Å². The Balaban J connectivity index is 1.09. The van der Waals surface area contributed by atoms with Gasteiger partial charge in [-0.3, -0.25) is 14.4 Å². The molecule has 2 N–H and O–H groups in total. The third kappa shape index (κ3) is 4.29. The first-order valence-electron chi connectivity index (χ1n) is 11.4. The molecule has 7 nitrogen and oxygen atoms in total. The molecule has 0 bridgehead atoms. The Morgan fingerprint density at radius 1 is 1.03 bits per heavy atom. The van der Waals surface area contributed by atoms with Gasteiger partial charge in [0.1, 0.15) is 0 Å². The molecule has 3 amide bonds. The van der Waals surface area contributed by atoms with Crippen molar-refractivity contribution in [3.8, 4) is 0 Å². The molecule has 2 aromatic rings. The lowest BCUT2D eigenvalue weighted by Gasteiger charge is -2.31. The molecule has 3 aliphatic heterocycles. The number of carbonyl (C=O) groups is 3. The van der Waals surface area contributed by atoms with Crippen LogP contribution in [0, 0.1) is 0 Å². The van der Waals surface area contributed by atoms with E-state index in [9.17, 15) is 14.4 Å². The van der Waals surface area contributed by atoms with Gasteiger partial charge in [0.25, 0.3) is 0 Å². The first-order chi connectivity index (χ1) is 15.6. The summed E-state index contributed by atoms with van der Waals surface area (Å²) in [6.07, 6.45) is 4.23. The zero-order valence-corrected chi connectivity index (χ0v) is 18.9. The van der Waals surface area contributed by atoms with Crippen LogP contribution in [0.5, 0.6) is 0 Å². The zero-order valence-electron chi connectivity index (χ0n) is 18.1. The molecular weight excluding hydrogens is 424 g/mol. The van der Waals surface area contributed by atoms with Crippen LogP contribution >= 0.6 is 11.3 Å². The number of carbonyl (C=O) groups excluding carboxylic acids is 3. The fourth-order valence-corrected chi connectivity index (χ4v) is 5.99. The lowest BCUT2D eigenvalue weighted by Crippen LogP contribution is -2.42. The molecule has 1 fully saturated rings. The maximum Gasteiger partial charge on any atom is 0.313 e. The summed E-state index contributed by atoms with van der Waals surface area (Å²) in [7, 11) is 0. The second-order valence-electron chi connectivity index (χ2n) is 8.78. The van der Waals surface area contributed by atoms with Gasteiger partial charge in [0.15, 0.2) is 0 Å². The van der Waals surface area contributed by atoms with E-state index in [0.717, 1.165) is 55.7 Å². The Kier molecular flexibility index (Phi) is 5.97. The quantitative estimate of drug-likeness (QED) is 0.683. The van der Waals surface area contributed by atoms with Gasteiger partial charge < -0.3 is 20.4 Å². The predicted molar refractivity (Wildman–Crippen MR) is 125 cm³/mol. The molecule has 0 unspecified atom stereocenters. The van der Waals surface area contributed by atoms with E-state index in [1.807, 2.05) is 28.4 Å². The maximum atomic E-state index is 12.4. The number of hydrogen-bond acceptors (Lipinski definition) is 5. The van der Waals surface area contributed by atoms with Crippen LogP contribution in [0.15, 0.2) is 29.6 Å². The van der Waals surface area contributed by atoms with E-state index >= 15 is 0 Å². The summed E-state index contributed by atoms with van der Waals surface area (Å²) in [5.74, 6) is -0.433. The van der Waals surface area contributed by atoms with Crippen molar-refractivity contribution in [3.05, 3.63) is 45.6 Å². The Morgan fingerprint density at radius 3 is 2.56 bits per heavy atom. The molecule has 8 heteroatoms. The molecule has 4 heterocycles. The van der Waals surface area contributed by atoms with Crippen LogP contribution in [0.1, 0.15) is 41.2 Å². The highest BCUT2D eigenvalue weighted by Crippen LogP contribution is 2.38. The van der Waals surface area contributed by atoms with Gasteiger partial charge in [-0.2, -0.15) is 0 Å². The average molecular weight is 453 g/mol. The number of rotatable bonds is 5.